The van der Waals surface area contributed by atoms with E-state index in [1.807, 2.05) is 17.5 Å². The van der Waals surface area contributed by atoms with Gasteiger partial charge in [0.15, 0.2) is 0 Å². The van der Waals surface area contributed by atoms with Crippen molar-refractivity contribution in [2.45, 2.75) is 25.4 Å². The van der Waals surface area contributed by atoms with Crippen molar-refractivity contribution >= 4 is 11.3 Å². The fraction of sp³-hybridized carbons (Fsp3) is 0.636. The first-order valence-corrected chi connectivity index (χ1v) is 6.11. The van der Waals surface area contributed by atoms with Gasteiger partial charge in [0.2, 0.25) is 0 Å². The Labute approximate surface area is 89.2 Å². The van der Waals surface area contributed by atoms with E-state index in [4.69, 9.17) is 0 Å². The summed E-state index contributed by atoms with van der Waals surface area (Å²) < 4.78 is 0. The number of nitrogens with zero attached hydrogens (tertiary/aromatic N) is 1. The summed E-state index contributed by atoms with van der Waals surface area (Å²) in [6.07, 6.45) is 1.75. The maximum atomic E-state index is 10.4. The summed E-state index contributed by atoms with van der Waals surface area (Å²) in [5.74, 6) is 0. The normalized spacial score (nSPS) is 22.4. The molecule has 0 bridgehead atoms. The molecule has 0 radical (unpaired) electrons. The lowest BCUT2D eigenvalue weighted by Gasteiger charge is -2.37. The van der Waals surface area contributed by atoms with Crippen molar-refractivity contribution in [3.05, 3.63) is 22.4 Å². The molecular weight excluding hydrogens is 194 g/mol. The Balaban J connectivity index is 2.06. The van der Waals surface area contributed by atoms with Gasteiger partial charge in [-0.1, -0.05) is 13.0 Å². The van der Waals surface area contributed by atoms with Gasteiger partial charge in [0.1, 0.15) is 5.60 Å². The van der Waals surface area contributed by atoms with Crippen molar-refractivity contribution in [3.8, 4) is 0 Å². The van der Waals surface area contributed by atoms with Crippen molar-refractivity contribution in [2.24, 2.45) is 0 Å². The summed E-state index contributed by atoms with van der Waals surface area (Å²) in [6.45, 7) is 5.31. The summed E-state index contributed by atoms with van der Waals surface area (Å²) in [6, 6.07) is 4.07. The van der Waals surface area contributed by atoms with Crippen LogP contribution in [0.15, 0.2) is 17.5 Å². The Kier molecular flexibility index (Phi) is 2.91. The van der Waals surface area contributed by atoms with Gasteiger partial charge in [-0.2, -0.15) is 0 Å². The highest BCUT2D eigenvalue weighted by molar-refractivity contribution is 7.10. The number of thiophene rings is 1. The predicted molar refractivity (Wildman–Crippen MR) is 59.6 cm³/mol. The van der Waals surface area contributed by atoms with E-state index in [2.05, 4.69) is 11.8 Å². The number of likely N-dealkylation sites (tertiary alicyclic amines) is 1. The predicted octanol–water partition coefficient (Wildman–Crippen LogP) is 2.05. The second-order valence-corrected chi connectivity index (χ2v) is 4.89. The molecule has 0 saturated carbocycles. The minimum atomic E-state index is -0.542. The van der Waals surface area contributed by atoms with Gasteiger partial charge in [0, 0.05) is 18.0 Å². The van der Waals surface area contributed by atoms with Crippen molar-refractivity contribution in [2.75, 3.05) is 19.6 Å². The van der Waals surface area contributed by atoms with Gasteiger partial charge in [-0.3, -0.25) is 0 Å². The zero-order valence-corrected chi connectivity index (χ0v) is 9.39. The first kappa shape index (κ1) is 10.1. The molecular formula is C11H17NOS. The highest BCUT2D eigenvalue weighted by Gasteiger charge is 2.34. The number of hydrogen-bond donors (Lipinski definition) is 1. The topological polar surface area (TPSA) is 23.5 Å². The van der Waals surface area contributed by atoms with Gasteiger partial charge >= 0.3 is 0 Å². The van der Waals surface area contributed by atoms with Crippen LogP contribution in [0.2, 0.25) is 0 Å². The monoisotopic (exact) mass is 211 g/mol. The molecule has 1 saturated heterocycles. The van der Waals surface area contributed by atoms with Gasteiger partial charge < -0.3 is 10.0 Å². The first-order chi connectivity index (χ1) is 6.74. The van der Waals surface area contributed by atoms with Crippen molar-refractivity contribution in [3.63, 3.8) is 0 Å². The van der Waals surface area contributed by atoms with E-state index in [1.54, 1.807) is 11.3 Å². The molecule has 2 rings (SSSR count). The second-order valence-electron chi connectivity index (χ2n) is 3.94. The maximum Gasteiger partial charge on any atom is 0.101 e. The molecule has 0 atom stereocenters. The Morgan fingerprint density at radius 2 is 2.21 bits per heavy atom. The average molecular weight is 211 g/mol. The van der Waals surface area contributed by atoms with Crippen LogP contribution in [-0.2, 0) is 5.60 Å². The zero-order chi connectivity index (χ0) is 10.0. The van der Waals surface area contributed by atoms with Crippen LogP contribution in [0.4, 0.5) is 0 Å². The molecule has 0 amide bonds. The van der Waals surface area contributed by atoms with E-state index < -0.39 is 5.60 Å². The minimum Gasteiger partial charge on any atom is -0.384 e. The second kappa shape index (κ2) is 4.01. The fourth-order valence-corrected chi connectivity index (χ4v) is 2.91. The lowest BCUT2D eigenvalue weighted by molar-refractivity contribution is -0.0217. The summed E-state index contributed by atoms with van der Waals surface area (Å²) in [7, 11) is 0. The third-order valence-electron chi connectivity index (χ3n) is 3.11. The smallest absolute Gasteiger partial charge is 0.101 e. The molecule has 1 N–H and O–H groups in total. The molecule has 1 aliphatic heterocycles. The highest BCUT2D eigenvalue weighted by atomic mass is 32.1. The third-order valence-corrected chi connectivity index (χ3v) is 4.17. The standard InChI is InChI=1S/C11H17NOS/c1-2-12-7-5-11(13,6-8-12)10-4-3-9-14-10/h3-4,9,13H,2,5-8H2,1H3. The SMILES string of the molecule is CCN1CCC(O)(c2cccs2)CC1. The Morgan fingerprint density at radius 1 is 1.50 bits per heavy atom. The molecule has 3 heteroatoms. The molecule has 1 aromatic heterocycles. The molecule has 1 aromatic rings. The zero-order valence-electron chi connectivity index (χ0n) is 8.57. The minimum absolute atomic E-state index is 0.542. The lowest BCUT2D eigenvalue weighted by Crippen LogP contribution is -2.41. The van der Waals surface area contributed by atoms with E-state index in [1.165, 1.54) is 0 Å². The van der Waals surface area contributed by atoms with Crippen LogP contribution in [0.5, 0.6) is 0 Å². The average Bonchev–Trinajstić information content (AvgIpc) is 2.72. The first-order valence-electron chi connectivity index (χ1n) is 5.23. The maximum absolute atomic E-state index is 10.4. The number of piperidine rings is 1. The van der Waals surface area contributed by atoms with Crippen LogP contribution >= 0.6 is 11.3 Å². The fourth-order valence-electron chi connectivity index (χ4n) is 2.03. The van der Waals surface area contributed by atoms with Gasteiger partial charge in [-0.15, -0.1) is 11.3 Å². The molecule has 0 aromatic carbocycles. The van der Waals surface area contributed by atoms with Gasteiger partial charge in [-0.05, 0) is 30.8 Å². The summed E-state index contributed by atoms with van der Waals surface area (Å²) in [5, 5.41) is 12.5. The molecule has 1 fully saturated rings. The molecule has 78 valence electrons. The van der Waals surface area contributed by atoms with Crippen molar-refractivity contribution in [1.82, 2.24) is 4.90 Å². The number of hydrogen-bond acceptors (Lipinski definition) is 3. The van der Waals surface area contributed by atoms with E-state index >= 15 is 0 Å². The van der Waals surface area contributed by atoms with Crippen LogP contribution in [0.25, 0.3) is 0 Å². The molecule has 2 heterocycles. The van der Waals surface area contributed by atoms with Crippen LogP contribution in [0.3, 0.4) is 0 Å². The Hall–Kier alpha value is -0.380. The van der Waals surface area contributed by atoms with E-state index in [9.17, 15) is 5.11 Å². The molecule has 0 spiro atoms. The van der Waals surface area contributed by atoms with Crippen LogP contribution in [0.1, 0.15) is 24.6 Å². The largest absolute Gasteiger partial charge is 0.384 e. The molecule has 0 aliphatic carbocycles. The Bertz CT molecular complexity index is 275. The summed E-state index contributed by atoms with van der Waals surface area (Å²) in [5.41, 5.74) is -0.542. The van der Waals surface area contributed by atoms with Gasteiger partial charge in [0.05, 0.1) is 0 Å². The van der Waals surface area contributed by atoms with Crippen LogP contribution in [0, 0.1) is 0 Å². The quantitative estimate of drug-likeness (QED) is 0.809. The van der Waals surface area contributed by atoms with E-state index in [-0.39, 0.29) is 0 Å². The molecule has 1 aliphatic rings. The Morgan fingerprint density at radius 3 is 2.71 bits per heavy atom. The third kappa shape index (κ3) is 1.85. The highest BCUT2D eigenvalue weighted by Crippen LogP contribution is 2.35. The molecule has 0 unspecified atom stereocenters. The van der Waals surface area contributed by atoms with Gasteiger partial charge in [0.25, 0.3) is 0 Å². The molecule has 2 nitrogen and oxygen atoms in total. The van der Waals surface area contributed by atoms with E-state index in [0.717, 1.165) is 37.4 Å². The summed E-state index contributed by atoms with van der Waals surface area (Å²) in [4.78, 5) is 3.52. The van der Waals surface area contributed by atoms with E-state index in [0.29, 0.717) is 0 Å². The number of aliphatic hydroxyl groups is 1. The van der Waals surface area contributed by atoms with Crippen LogP contribution in [-0.4, -0.2) is 29.6 Å². The summed E-state index contributed by atoms with van der Waals surface area (Å²) >= 11 is 1.67. The van der Waals surface area contributed by atoms with Crippen LogP contribution < -0.4 is 0 Å². The lowest BCUT2D eigenvalue weighted by atomic mass is 9.90. The van der Waals surface area contributed by atoms with Crippen molar-refractivity contribution in [1.29, 1.82) is 0 Å². The van der Waals surface area contributed by atoms with Crippen molar-refractivity contribution < 1.29 is 5.11 Å². The number of rotatable bonds is 2. The van der Waals surface area contributed by atoms with Gasteiger partial charge in [-0.25, -0.2) is 0 Å². The molecule has 14 heavy (non-hydrogen) atoms.